The molecule has 1 saturated carbocycles. The molecule has 0 aromatic carbocycles. The Morgan fingerprint density at radius 3 is 2.47 bits per heavy atom. The predicted molar refractivity (Wildman–Crippen MR) is 76.2 cm³/mol. The summed E-state index contributed by atoms with van der Waals surface area (Å²) in [5.41, 5.74) is 5.65. The molecule has 2 N–H and O–H groups in total. The molecule has 17 heavy (non-hydrogen) atoms. The van der Waals surface area contributed by atoms with Crippen molar-refractivity contribution >= 4 is 0 Å². The van der Waals surface area contributed by atoms with Gasteiger partial charge in [0.15, 0.2) is 0 Å². The molecule has 1 aliphatic carbocycles. The zero-order chi connectivity index (χ0) is 12.5. The SMILES string of the molecule is CCCCC(CC)CN(CCCN)C1CCC1. The first-order valence-corrected chi connectivity index (χ1v) is 7.75. The zero-order valence-electron chi connectivity index (χ0n) is 12.0. The Labute approximate surface area is 108 Å². The second-order valence-electron chi connectivity index (χ2n) is 5.64. The highest BCUT2D eigenvalue weighted by molar-refractivity contribution is 4.81. The highest BCUT2D eigenvalue weighted by Crippen LogP contribution is 2.27. The summed E-state index contributed by atoms with van der Waals surface area (Å²) in [5, 5.41) is 0. The van der Waals surface area contributed by atoms with E-state index in [9.17, 15) is 0 Å². The zero-order valence-corrected chi connectivity index (χ0v) is 12.0. The average Bonchev–Trinajstić information content (AvgIpc) is 2.28. The molecule has 0 radical (unpaired) electrons. The number of hydrogen-bond donors (Lipinski definition) is 1. The fourth-order valence-electron chi connectivity index (χ4n) is 2.72. The van der Waals surface area contributed by atoms with Gasteiger partial charge >= 0.3 is 0 Å². The standard InChI is InChI=1S/C15H32N2/c1-3-5-8-14(4-2)13-17(12-7-11-16)15-9-6-10-15/h14-15H,3-13,16H2,1-2H3. The predicted octanol–water partition coefficient (Wildman–Crippen LogP) is 3.41. The van der Waals surface area contributed by atoms with Gasteiger partial charge in [-0.05, 0) is 44.7 Å². The molecule has 0 amide bonds. The summed E-state index contributed by atoms with van der Waals surface area (Å²) in [6, 6.07) is 0.886. The third-order valence-electron chi connectivity index (χ3n) is 4.28. The fourth-order valence-corrected chi connectivity index (χ4v) is 2.72. The average molecular weight is 240 g/mol. The van der Waals surface area contributed by atoms with Crippen LogP contribution in [0.25, 0.3) is 0 Å². The molecule has 0 saturated heterocycles. The number of nitrogens with two attached hydrogens (primary N) is 1. The van der Waals surface area contributed by atoms with E-state index in [2.05, 4.69) is 18.7 Å². The first kappa shape index (κ1) is 15.0. The molecule has 0 aromatic rings. The number of unbranched alkanes of at least 4 members (excludes halogenated alkanes) is 1. The van der Waals surface area contributed by atoms with E-state index < -0.39 is 0 Å². The maximum absolute atomic E-state index is 5.65. The Kier molecular flexibility index (Phi) is 7.87. The van der Waals surface area contributed by atoms with Crippen molar-refractivity contribution in [3.05, 3.63) is 0 Å². The lowest BCUT2D eigenvalue weighted by Gasteiger charge is -2.39. The molecular weight excluding hydrogens is 208 g/mol. The summed E-state index contributed by atoms with van der Waals surface area (Å²) in [4.78, 5) is 2.74. The summed E-state index contributed by atoms with van der Waals surface area (Å²) >= 11 is 0. The van der Waals surface area contributed by atoms with Crippen molar-refractivity contribution in [1.29, 1.82) is 0 Å². The van der Waals surface area contributed by atoms with E-state index in [0.717, 1.165) is 18.5 Å². The van der Waals surface area contributed by atoms with Crippen LogP contribution in [-0.2, 0) is 0 Å². The van der Waals surface area contributed by atoms with Gasteiger partial charge in [0.1, 0.15) is 0 Å². The van der Waals surface area contributed by atoms with Gasteiger partial charge in [0.2, 0.25) is 0 Å². The van der Waals surface area contributed by atoms with E-state index in [0.29, 0.717) is 0 Å². The summed E-state index contributed by atoms with van der Waals surface area (Å²) in [5.74, 6) is 0.910. The van der Waals surface area contributed by atoms with Crippen LogP contribution in [0.2, 0.25) is 0 Å². The van der Waals surface area contributed by atoms with Gasteiger partial charge in [0, 0.05) is 12.6 Å². The lowest BCUT2D eigenvalue weighted by Crippen LogP contribution is -2.43. The largest absolute Gasteiger partial charge is 0.330 e. The third kappa shape index (κ3) is 5.39. The molecule has 1 atom stereocenters. The van der Waals surface area contributed by atoms with Crippen LogP contribution in [0.4, 0.5) is 0 Å². The minimum Gasteiger partial charge on any atom is -0.330 e. The highest BCUT2D eigenvalue weighted by atomic mass is 15.2. The molecule has 0 heterocycles. The molecular formula is C15H32N2. The van der Waals surface area contributed by atoms with Crippen molar-refractivity contribution in [3.63, 3.8) is 0 Å². The Morgan fingerprint density at radius 1 is 1.24 bits per heavy atom. The van der Waals surface area contributed by atoms with Gasteiger partial charge in [-0.2, -0.15) is 0 Å². The maximum atomic E-state index is 5.65. The number of rotatable bonds is 10. The van der Waals surface area contributed by atoms with Crippen LogP contribution in [-0.4, -0.2) is 30.6 Å². The lowest BCUT2D eigenvalue weighted by molar-refractivity contribution is 0.102. The van der Waals surface area contributed by atoms with Gasteiger partial charge in [-0.25, -0.2) is 0 Å². The van der Waals surface area contributed by atoms with E-state index in [1.54, 1.807) is 0 Å². The molecule has 2 heteroatoms. The summed E-state index contributed by atoms with van der Waals surface area (Å²) in [7, 11) is 0. The molecule has 1 unspecified atom stereocenters. The van der Waals surface area contributed by atoms with E-state index in [-0.39, 0.29) is 0 Å². The molecule has 1 aliphatic rings. The fraction of sp³-hybridized carbons (Fsp3) is 1.00. The van der Waals surface area contributed by atoms with Gasteiger partial charge in [-0.3, -0.25) is 0 Å². The van der Waals surface area contributed by atoms with Crippen molar-refractivity contribution in [2.45, 2.75) is 71.3 Å². The van der Waals surface area contributed by atoms with Crippen LogP contribution in [0.15, 0.2) is 0 Å². The van der Waals surface area contributed by atoms with Gasteiger partial charge in [-0.15, -0.1) is 0 Å². The molecule has 0 bridgehead atoms. The van der Waals surface area contributed by atoms with Crippen molar-refractivity contribution in [3.8, 4) is 0 Å². The Bertz CT molecular complexity index is 178. The summed E-state index contributed by atoms with van der Waals surface area (Å²) in [6.45, 7) is 8.03. The smallest absolute Gasteiger partial charge is 0.00954 e. The quantitative estimate of drug-likeness (QED) is 0.634. The number of hydrogen-bond acceptors (Lipinski definition) is 2. The lowest BCUT2D eigenvalue weighted by atomic mass is 9.89. The minimum absolute atomic E-state index is 0.842. The minimum atomic E-state index is 0.842. The van der Waals surface area contributed by atoms with Crippen LogP contribution in [0.3, 0.4) is 0 Å². The molecule has 0 aliphatic heterocycles. The van der Waals surface area contributed by atoms with Gasteiger partial charge in [0.05, 0.1) is 0 Å². The van der Waals surface area contributed by atoms with Crippen LogP contribution in [0.1, 0.15) is 65.2 Å². The first-order chi connectivity index (χ1) is 8.31. The maximum Gasteiger partial charge on any atom is 0.00954 e. The van der Waals surface area contributed by atoms with E-state index in [4.69, 9.17) is 5.73 Å². The van der Waals surface area contributed by atoms with Crippen LogP contribution in [0.5, 0.6) is 0 Å². The van der Waals surface area contributed by atoms with Crippen molar-refractivity contribution in [1.82, 2.24) is 4.90 Å². The van der Waals surface area contributed by atoms with Crippen molar-refractivity contribution < 1.29 is 0 Å². The normalized spacial score (nSPS) is 18.4. The summed E-state index contributed by atoms with van der Waals surface area (Å²) in [6.07, 6.45) is 10.9. The Morgan fingerprint density at radius 2 is 2.00 bits per heavy atom. The van der Waals surface area contributed by atoms with Crippen molar-refractivity contribution in [2.75, 3.05) is 19.6 Å². The Balaban J connectivity index is 2.33. The van der Waals surface area contributed by atoms with Gasteiger partial charge in [0.25, 0.3) is 0 Å². The van der Waals surface area contributed by atoms with E-state index in [1.807, 2.05) is 0 Å². The molecule has 1 fully saturated rings. The Hall–Kier alpha value is -0.0800. The first-order valence-electron chi connectivity index (χ1n) is 7.75. The molecule has 0 aromatic heterocycles. The third-order valence-corrected chi connectivity index (χ3v) is 4.28. The van der Waals surface area contributed by atoms with Crippen LogP contribution in [0, 0.1) is 5.92 Å². The van der Waals surface area contributed by atoms with E-state index >= 15 is 0 Å². The number of nitrogens with zero attached hydrogens (tertiary/aromatic N) is 1. The molecule has 0 spiro atoms. The van der Waals surface area contributed by atoms with Crippen LogP contribution >= 0.6 is 0 Å². The van der Waals surface area contributed by atoms with E-state index in [1.165, 1.54) is 64.5 Å². The topological polar surface area (TPSA) is 29.3 Å². The molecule has 102 valence electrons. The van der Waals surface area contributed by atoms with Gasteiger partial charge in [-0.1, -0.05) is 39.5 Å². The summed E-state index contributed by atoms with van der Waals surface area (Å²) < 4.78 is 0. The van der Waals surface area contributed by atoms with Gasteiger partial charge < -0.3 is 10.6 Å². The second-order valence-corrected chi connectivity index (χ2v) is 5.64. The molecule has 1 rings (SSSR count). The van der Waals surface area contributed by atoms with Crippen LogP contribution < -0.4 is 5.73 Å². The van der Waals surface area contributed by atoms with Crippen molar-refractivity contribution in [2.24, 2.45) is 11.7 Å². The second kappa shape index (κ2) is 8.93. The highest BCUT2D eigenvalue weighted by Gasteiger charge is 2.25. The monoisotopic (exact) mass is 240 g/mol. The molecule has 2 nitrogen and oxygen atoms in total.